The molecule has 0 aromatic heterocycles. The van der Waals surface area contributed by atoms with Gasteiger partial charge in [-0.3, -0.25) is 4.79 Å². The third-order valence-electron chi connectivity index (χ3n) is 11.5. The van der Waals surface area contributed by atoms with Crippen molar-refractivity contribution in [3.8, 4) is 0 Å². The Morgan fingerprint density at radius 3 is 2.16 bits per heavy atom. The summed E-state index contributed by atoms with van der Waals surface area (Å²) in [4.78, 5) is 54.2. The van der Waals surface area contributed by atoms with Gasteiger partial charge in [0.1, 0.15) is 52.6 Å². The molecule has 0 radical (unpaired) electrons. The molecule has 1 unspecified atom stereocenters. The van der Waals surface area contributed by atoms with Gasteiger partial charge in [-0.15, -0.1) is 0 Å². The number of nitrogens with one attached hydrogen (secondary N) is 3. The highest BCUT2D eigenvalue weighted by atomic mass is 16.7. The summed E-state index contributed by atoms with van der Waals surface area (Å²) in [5.41, 5.74) is 9.37. The average molecular weight is 916 g/mol. The van der Waals surface area contributed by atoms with Crippen LogP contribution in [0, 0.1) is 11.8 Å². The monoisotopic (exact) mass is 916 g/mol. The highest BCUT2D eigenvalue weighted by Crippen LogP contribution is 2.37. The van der Waals surface area contributed by atoms with Crippen LogP contribution in [-0.4, -0.2) is 184 Å². The second-order valence-electron chi connectivity index (χ2n) is 20.8. The summed E-state index contributed by atoms with van der Waals surface area (Å²) in [6.07, 6.45) is -6.93. The van der Waals surface area contributed by atoms with Gasteiger partial charge in [0, 0.05) is 38.1 Å². The summed E-state index contributed by atoms with van der Waals surface area (Å²) in [6.45, 7) is 18.2. The van der Waals surface area contributed by atoms with Crippen molar-refractivity contribution in [3.63, 3.8) is 0 Å². The van der Waals surface area contributed by atoms with Crippen LogP contribution in [0.3, 0.4) is 0 Å². The molecule has 64 heavy (non-hydrogen) atoms. The zero-order chi connectivity index (χ0) is 48.1. The summed E-state index contributed by atoms with van der Waals surface area (Å²) < 4.78 is 34.9. The average Bonchev–Trinajstić information content (AvgIpc) is 3.15. The second-order valence-corrected chi connectivity index (χ2v) is 20.8. The molecule has 4 rings (SSSR count). The van der Waals surface area contributed by atoms with Crippen LogP contribution < -0.4 is 27.4 Å². The molecule has 368 valence electrons. The number of carbonyl (C=O) groups excluding carboxylic acids is 4. The van der Waals surface area contributed by atoms with Crippen molar-refractivity contribution in [3.05, 3.63) is 11.8 Å². The number of ether oxygens (including phenoxy) is 6. The molecule has 0 bridgehead atoms. The Hall–Kier alpha value is -3.54. The van der Waals surface area contributed by atoms with Crippen molar-refractivity contribution >= 4 is 24.2 Å². The Morgan fingerprint density at radius 2 is 1.56 bits per heavy atom. The lowest BCUT2D eigenvalue weighted by atomic mass is 9.72. The number of carbonyl (C=O) groups is 4. The largest absolute Gasteiger partial charge is 0.492 e. The number of nitrogens with zero attached hydrogens (tertiary/aromatic N) is 2. The van der Waals surface area contributed by atoms with E-state index < -0.39 is 121 Å². The lowest BCUT2D eigenvalue weighted by molar-refractivity contribution is -0.305. The Balaban J connectivity index is 1.49. The minimum atomic E-state index is -1.78. The van der Waals surface area contributed by atoms with E-state index in [0.29, 0.717) is 44.3 Å². The fourth-order valence-corrected chi connectivity index (χ4v) is 8.47. The number of amides is 4. The van der Waals surface area contributed by atoms with E-state index in [0.717, 1.165) is 17.7 Å². The number of likely N-dealkylation sites (N-methyl/N-ethyl adjacent to an activating group) is 1. The summed E-state index contributed by atoms with van der Waals surface area (Å²) in [7, 11) is 1.36. The van der Waals surface area contributed by atoms with Crippen molar-refractivity contribution in [2.75, 3.05) is 46.4 Å². The molecule has 3 aliphatic heterocycles. The van der Waals surface area contributed by atoms with E-state index in [2.05, 4.69) is 16.0 Å². The predicted molar refractivity (Wildman–Crippen MR) is 232 cm³/mol. The van der Waals surface area contributed by atoms with Gasteiger partial charge in [0.15, 0.2) is 6.29 Å². The minimum Gasteiger partial charge on any atom is -0.492 e. The lowest BCUT2D eigenvalue weighted by Crippen LogP contribution is -2.70. The van der Waals surface area contributed by atoms with Crippen LogP contribution in [-0.2, 0) is 33.2 Å². The van der Waals surface area contributed by atoms with Crippen molar-refractivity contribution in [1.29, 1.82) is 0 Å². The van der Waals surface area contributed by atoms with Crippen molar-refractivity contribution in [2.24, 2.45) is 23.3 Å². The molecular formula is C43H77N7O14. The first-order valence-corrected chi connectivity index (χ1v) is 22.3. The molecule has 0 aromatic carbocycles. The molecule has 3 heterocycles. The number of likely N-dealkylation sites (tertiary alicyclic amines) is 1. The molecule has 2 saturated heterocycles. The third-order valence-corrected chi connectivity index (χ3v) is 11.5. The molecule has 0 spiro atoms. The zero-order valence-corrected chi connectivity index (χ0v) is 39.5. The summed E-state index contributed by atoms with van der Waals surface area (Å²) in [5, 5.41) is 54.6. The first-order valence-electron chi connectivity index (χ1n) is 22.3. The Bertz CT molecular complexity index is 1620. The van der Waals surface area contributed by atoms with Crippen molar-refractivity contribution in [2.45, 2.75) is 178 Å². The third kappa shape index (κ3) is 15.0. The molecule has 21 nitrogen and oxygen atoms in total. The summed E-state index contributed by atoms with van der Waals surface area (Å²) >= 11 is 0. The number of rotatable bonds is 12. The second kappa shape index (κ2) is 21.4. The first-order chi connectivity index (χ1) is 29.5. The predicted octanol–water partition coefficient (Wildman–Crippen LogP) is 0.391. The summed E-state index contributed by atoms with van der Waals surface area (Å²) in [6, 6.07) is -3.89. The molecule has 11 N–H and O–H groups in total. The van der Waals surface area contributed by atoms with E-state index >= 15 is 0 Å². The van der Waals surface area contributed by atoms with Gasteiger partial charge in [0.25, 0.3) is 5.91 Å². The molecule has 1 saturated carbocycles. The number of piperidine rings is 1. The topological polar surface area (TPSA) is 299 Å². The maximum atomic E-state index is 13.4. The fraction of sp³-hybridized carbons (Fsp3) is 0.860. The summed E-state index contributed by atoms with van der Waals surface area (Å²) in [5.74, 6) is -0.916. The van der Waals surface area contributed by atoms with E-state index in [4.69, 9.17) is 39.9 Å². The number of alkyl carbamates (subject to hydrolysis) is 1. The van der Waals surface area contributed by atoms with E-state index in [1.54, 1.807) is 46.4 Å². The van der Waals surface area contributed by atoms with Crippen molar-refractivity contribution < 1.29 is 68.0 Å². The van der Waals surface area contributed by atoms with Gasteiger partial charge < -0.3 is 86.1 Å². The van der Waals surface area contributed by atoms with E-state index in [-0.39, 0.29) is 12.5 Å². The Labute approximate surface area is 377 Å². The molecule has 3 fully saturated rings. The van der Waals surface area contributed by atoms with Gasteiger partial charge in [-0.1, -0.05) is 0 Å². The van der Waals surface area contributed by atoms with E-state index in [1.807, 2.05) is 26.8 Å². The van der Waals surface area contributed by atoms with Crippen LogP contribution in [0.2, 0.25) is 0 Å². The van der Waals surface area contributed by atoms with Gasteiger partial charge in [-0.05, 0) is 113 Å². The van der Waals surface area contributed by atoms with Crippen molar-refractivity contribution in [1.82, 2.24) is 25.8 Å². The molecule has 1 aliphatic carbocycles. The molecular weight excluding hydrogens is 839 g/mol. The van der Waals surface area contributed by atoms with Gasteiger partial charge in [0.2, 0.25) is 0 Å². The number of nitrogens with two attached hydrogens (primary N) is 2. The highest BCUT2D eigenvalue weighted by Gasteiger charge is 2.55. The van der Waals surface area contributed by atoms with Crippen LogP contribution in [0.5, 0.6) is 0 Å². The smallest absolute Gasteiger partial charge is 0.410 e. The lowest BCUT2D eigenvalue weighted by Gasteiger charge is -2.51. The van der Waals surface area contributed by atoms with Crippen LogP contribution in [0.15, 0.2) is 11.8 Å². The van der Waals surface area contributed by atoms with Gasteiger partial charge in [-0.2, -0.15) is 0 Å². The first kappa shape index (κ1) is 53.1. The van der Waals surface area contributed by atoms with Gasteiger partial charge >= 0.3 is 18.3 Å². The normalized spacial score (nSPS) is 32.3. The number of aliphatic hydroxyl groups is 4. The van der Waals surface area contributed by atoms with Gasteiger partial charge in [-0.25, -0.2) is 14.4 Å². The quantitative estimate of drug-likeness (QED) is 0.120. The molecule has 12 atom stereocenters. The standard InChI is InChI=1S/C43H77N7O14/c1-40(2,3)62-37(55)47-21-28(51)35(54)48-27-18-26(45)29(30(52)33(27)61-36-31(53)34(43(10,58)22-59-36)49(11)38(56)63-41(4,5)6)32-25(44)13-12-24(60-32)20-46-19-23-14-16-50(17-15-23)39(57)64-42(7,8)9/h12,23,25-34,36,46,51-53,58H,13-22,44-45H2,1-11H3,(H,47,55)(H,48,54)/t25-,26+,27-,28+,29?,30+,31-,32+,33+,34-,36-,43+/m1/s1. The Morgan fingerprint density at radius 1 is 0.953 bits per heavy atom. The maximum absolute atomic E-state index is 13.4. The van der Waals surface area contributed by atoms with E-state index in [1.165, 1.54) is 14.0 Å². The zero-order valence-electron chi connectivity index (χ0n) is 39.5. The van der Waals surface area contributed by atoms with Crippen LogP contribution in [0.4, 0.5) is 14.4 Å². The minimum absolute atomic E-state index is 0.0298. The maximum Gasteiger partial charge on any atom is 0.410 e. The SMILES string of the molecule is CN(C(=O)OC(C)(C)C)[C@@H]1[C@@H](O)[C@@H](O[C@H]2[C@H](NC(=O)[C@@H](O)CNC(=O)OC(C)(C)C)C[C@H](N)C([C@H]3OC(CNCC4CCN(C(=O)OC(C)(C)C)CC4)=CC[C@H]3N)[C@@H]2O)OC[C@]1(C)O. The number of aliphatic hydroxyl groups excluding tert-OH is 3. The van der Waals surface area contributed by atoms with Crippen LogP contribution in [0.25, 0.3) is 0 Å². The van der Waals surface area contributed by atoms with E-state index in [9.17, 15) is 39.6 Å². The fourth-order valence-electron chi connectivity index (χ4n) is 8.47. The molecule has 21 heteroatoms. The highest BCUT2D eigenvalue weighted by molar-refractivity contribution is 5.82. The molecule has 4 amide bonds. The molecule has 4 aliphatic rings. The van der Waals surface area contributed by atoms with Gasteiger partial charge in [0.05, 0.1) is 37.9 Å². The Kier molecular flexibility index (Phi) is 17.7. The van der Waals surface area contributed by atoms with Crippen LogP contribution >= 0.6 is 0 Å². The molecule has 0 aromatic rings. The number of hydrogen-bond acceptors (Lipinski definition) is 17. The van der Waals surface area contributed by atoms with Crippen LogP contribution in [0.1, 0.15) is 94.9 Å². The number of hydrogen-bond donors (Lipinski definition) is 9.